The second-order valence-corrected chi connectivity index (χ2v) is 8.42. The van der Waals surface area contributed by atoms with Crippen molar-refractivity contribution < 1.29 is 4.74 Å². The molecule has 0 radical (unpaired) electrons. The molecular weight excluding hydrogens is 381 g/mol. The lowest BCUT2D eigenvalue weighted by Gasteiger charge is -2.47. The van der Waals surface area contributed by atoms with E-state index in [1.807, 2.05) is 18.2 Å². The summed E-state index contributed by atoms with van der Waals surface area (Å²) in [4.78, 5) is 2.57. The minimum Gasteiger partial charge on any atom is -0.375 e. The number of halogens is 2. The zero-order valence-corrected chi connectivity index (χ0v) is 16.6. The van der Waals surface area contributed by atoms with Gasteiger partial charge in [-0.25, -0.2) is 0 Å². The van der Waals surface area contributed by atoms with Crippen LogP contribution in [0.25, 0.3) is 0 Å². The summed E-state index contributed by atoms with van der Waals surface area (Å²) < 4.78 is 5.88. The molecule has 2 aromatic carbocycles. The number of rotatable bonds is 3. The molecule has 1 fully saturated rings. The van der Waals surface area contributed by atoms with Crippen LogP contribution in [0.5, 0.6) is 0 Å². The van der Waals surface area contributed by atoms with E-state index in [-0.39, 0.29) is 5.66 Å². The van der Waals surface area contributed by atoms with Gasteiger partial charge in [-0.05, 0) is 36.2 Å². The molecule has 4 nitrogen and oxygen atoms in total. The number of ether oxygens (including phenoxy) is 1. The Labute approximate surface area is 169 Å². The fourth-order valence-corrected chi connectivity index (χ4v) is 5.44. The van der Waals surface area contributed by atoms with Crippen molar-refractivity contribution in [1.82, 2.24) is 10.6 Å². The highest BCUT2D eigenvalue weighted by molar-refractivity contribution is 6.35. The summed E-state index contributed by atoms with van der Waals surface area (Å²) in [5, 5.41) is 8.90. The van der Waals surface area contributed by atoms with Gasteiger partial charge >= 0.3 is 0 Å². The molecule has 0 unspecified atom stereocenters. The van der Waals surface area contributed by atoms with Crippen molar-refractivity contribution in [2.75, 3.05) is 31.1 Å². The highest BCUT2D eigenvalue weighted by Gasteiger charge is 2.53. The quantitative estimate of drug-likeness (QED) is 0.814. The van der Waals surface area contributed by atoms with E-state index in [0.29, 0.717) is 29.1 Å². The fraction of sp³-hybridized carbons (Fsp3) is 0.429. The maximum atomic E-state index is 6.44. The van der Waals surface area contributed by atoms with E-state index in [1.165, 1.54) is 16.8 Å². The lowest BCUT2D eigenvalue weighted by molar-refractivity contribution is 0.123. The molecule has 0 bridgehead atoms. The van der Waals surface area contributed by atoms with Crippen LogP contribution in [0, 0.1) is 0 Å². The zero-order chi connectivity index (χ0) is 18.4. The maximum absolute atomic E-state index is 6.44. The Morgan fingerprint density at radius 3 is 3.07 bits per heavy atom. The summed E-state index contributed by atoms with van der Waals surface area (Å²) >= 11 is 12.5. The molecule has 3 aliphatic rings. The number of hydrogen-bond donors (Lipinski definition) is 2. The van der Waals surface area contributed by atoms with Crippen LogP contribution < -0.4 is 15.5 Å². The van der Waals surface area contributed by atoms with Crippen LogP contribution in [0.3, 0.4) is 0 Å². The van der Waals surface area contributed by atoms with E-state index in [2.05, 4.69) is 33.7 Å². The van der Waals surface area contributed by atoms with E-state index in [4.69, 9.17) is 27.9 Å². The molecular formula is C21H23Cl2N3O. The highest BCUT2D eigenvalue weighted by atomic mass is 35.5. The van der Waals surface area contributed by atoms with Gasteiger partial charge < -0.3 is 15.0 Å². The topological polar surface area (TPSA) is 36.5 Å². The predicted molar refractivity (Wildman–Crippen MR) is 110 cm³/mol. The fourth-order valence-electron chi connectivity index (χ4n) is 4.97. The lowest BCUT2D eigenvalue weighted by Crippen LogP contribution is -2.64. The van der Waals surface area contributed by atoms with Crippen LogP contribution in [0.15, 0.2) is 36.4 Å². The standard InChI is InChI=1S/C21H23Cl2N3O/c22-16-5-4-14(19(23)10-16)11-25-21-6-7-24-12-18(21)17-3-1-2-15-13-27-9-8-26(21)20(15)17/h1-5,10,18,24-25H,6-9,11-13H2/t18-,21-/m0/s1. The molecule has 2 aromatic rings. The van der Waals surface area contributed by atoms with E-state index in [1.54, 1.807) is 0 Å². The van der Waals surface area contributed by atoms with Crippen molar-refractivity contribution in [2.45, 2.75) is 31.2 Å². The first kappa shape index (κ1) is 17.8. The molecule has 142 valence electrons. The summed E-state index contributed by atoms with van der Waals surface area (Å²) in [7, 11) is 0. The van der Waals surface area contributed by atoms with Crippen LogP contribution in [-0.4, -0.2) is 31.9 Å². The Morgan fingerprint density at radius 2 is 2.19 bits per heavy atom. The molecule has 0 aromatic heterocycles. The highest BCUT2D eigenvalue weighted by Crippen LogP contribution is 2.51. The second kappa shape index (κ2) is 6.94. The van der Waals surface area contributed by atoms with Gasteiger partial charge in [0.05, 0.1) is 13.2 Å². The van der Waals surface area contributed by atoms with Crippen molar-refractivity contribution in [3.8, 4) is 0 Å². The van der Waals surface area contributed by atoms with Gasteiger partial charge in [0.25, 0.3) is 0 Å². The third-order valence-electron chi connectivity index (χ3n) is 6.20. The molecule has 0 aliphatic carbocycles. The molecule has 2 atom stereocenters. The molecule has 5 rings (SSSR count). The van der Waals surface area contributed by atoms with Gasteiger partial charge in [0.15, 0.2) is 0 Å². The van der Waals surface area contributed by atoms with Crippen LogP contribution in [0.4, 0.5) is 5.69 Å². The number of nitrogens with zero attached hydrogens (tertiary/aromatic N) is 1. The number of nitrogens with one attached hydrogen (secondary N) is 2. The number of benzene rings is 2. The van der Waals surface area contributed by atoms with Gasteiger partial charge in [0, 0.05) is 46.8 Å². The molecule has 3 aliphatic heterocycles. The lowest BCUT2D eigenvalue weighted by atomic mass is 9.83. The van der Waals surface area contributed by atoms with E-state index < -0.39 is 0 Å². The average Bonchev–Trinajstić information content (AvgIpc) is 2.79. The third-order valence-corrected chi connectivity index (χ3v) is 6.79. The van der Waals surface area contributed by atoms with Crippen LogP contribution >= 0.6 is 23.2 Å². The van der Waals surface area contributed by atoms with Gasteiger partial charge in [0.1, 0.15) is 5.66 Å². The molecule has 27 heavy (non-hydrogen) atoms. The maximum Gasteiger partial charge on any atom is 0.101 e. The van der Waals surface area contributed by atoms with Gasteiger partial charge in [-0.2, -0.15) is 0 Å². The minimum atomic E-state index is -0.111. The van der Waals surface area contributed by atoms with Crippen LogP contribution in [-0.2, 0) is 17.9 Å². The number of fused-ring (bicyclic) bond motifs is 3. The molecule has 3 heterocycles. The molecule has 6 heteroatoms. The Bertz CT molecular complexity index is 875. The van der Waals surface area contributed by atoms with Crippen molar-refractivity contribution in [3.05, 3.63) is 63.1 Å². The van der Waals surface area contributed by atoms with E-state index >= 15 is 0 Å². The van der Waals surface area contributed by atoms with Gasteiger partial charge in [-0.1, -0.05) is 47.5 Å². The second-order valence-electron chi connectivity index (χ2n) is 7.58. The minimum absolute atomic E-state index is 0.111. The van der Waals surface area contributed by atoms with Crippen molar-refractivity contribution in [3.63, 3.8) is 0 Å². The summed E-state index contributed by atoms with van der Waals surface area (Å²) in [5.41, 5.74) is 5.07. The summed E-state index contributed by atoms with van der Waals surface area (Å²) in [6.45, 7) is 5.04. The van der Waals surface area contributed by atoms with E-state index in [0.717, 1.165) is 38.2 Å². The SMILES string of the molecule is Clc1ccc(CN[C@]23CCNC[C@H]2c2cccc4c2N3CCOC4)c(Cl)c1. The number of para-hydroxylation sites is 1. The zero-order valence-electron chi connectivity index (χ0n) is 15.1. The average molecular weight is 404 g/mol. The Morgan fingerprint density at radius 1 is 1.26 bits per heavy atom. The first-order chi connectivity index (χ1) is 13.2. The normalized spacial score (nSPS) is 26.4. The van der Waals surface area contributed by atoms with Crippen LogP contribution in [0.1, 0.15) is 29.0 Å². The molecule has 1 saturated heterocycles. The van der Waals surface area contributed by atoms with Gasteiger partial charge in [-0.15, -0.1) is 0 Å². The summed E-state index contributed by atoms with van der Waals surface area (Å²) in [6.07, 6.45) is 1.04. The molecule has 0 spiro atoms. The Hall–Kier alpha value is -1.30. The molecule has 2 N–H and O–H groups in total. The molecule has 0 saturated carbocycles. The van der Waals surface area contributed by atoms with Crippen LogP contribution in [0.2, 0.25) is 10.0 Å². The van der Waals surface area contributed by atoms with Gasteiger partial charge in [0.2, 0.25) is 0 Å². The summed E-state index contributed by atoms with van der Waals surface area (Å²) in [6, 6.07) is 12.4. The largest absolute Gasteiger partial charge is 0.375 e. The first-order valence-corrected chi connectivity index (χ1v) is 10.3. The predicted octanol–water partition coefficient (Wildman–Crippen LogP) is 3.91. The first-order valence-electron chi connectivity index (χ1n) is 9.56. The Kier molecular flexibility index (Phi) is 4.57. The van der Waals surface area contributed by atoms with Gasteiger partial charge in [-0.3, -0.25) is 5.32 Å². The van der Waals surface area contributed by atoms with Crippen molar-refractivity contribution >= 4 is 28.9 Å². The number of hydrogen-bond acceptors (Lipinski definition) is 4. The molecule has 0 amide bonds. The van der Waals surface area contributed by atoms with Crippen molar-refractivity contribution in [1.29, 1.82) is 0 Å². The number of piperidine rings is 1. The number of anilines is 1. The van der Waals surface area contributed by atoms with E-state index in [9.17, 15) is 0 Å². The third kappa shape index (κ3) is 2.86. The monoisotopic (exact) mass is 403 g/mol. The van der Waals surface area contributed by atoms with Crippen molar-refractivity contribution in [2.24, 2.45) is 0 Å². The smallest absolute Gasteiger partial charge is 0.101 e. The Balaban J connectivity index is 1.53. The summed E-state index contributed by atoms with van der Waals surface area (Å²) in [5.74, 6) is 0.408.